The average molecular weight is 331 g/mol. The van der Waals surface area contributed by atoms with Crippen LogP contribution in [0.1, 0.15) is 12.8 Å². The van der Waals surface area contributed by atoms with Gasteiger partial charge in [0.25, 0.3) is 5.91 Å². The van der Waals surface area contributed by atoms with Gasteiger partial charge < -0.3 is 19.2 Å². The first-order chi connectivity index (χ1) is 11.5. The quantitative estimate of drug-likeness (QED) is 0.853. The summed E-state index contributed by atoms with van der Waals surface area (Å²) >= 11 is 0. The lowest BCUT2D eigenvalue weighted by atomic mass is 9.97. The highest BCUT2D eigenvalue weighted by molar-refractivity contribution is 5.80. The third-order valence-electron chi connectivity index (χ3n) is 4.15. The summed E-state index contributed by atoms with van der Waals surface area (Å²) < 4.78 is 10.5. The van der Waals surface area contributed by atoms with E-state index in [2.05, 4.69) is 0 Å². The SMILES string of the molecule is O=C(O)C1CCN(C(=O)COc2ccc3ccc(=O)oc3c2)CC1. The van der Waals surface area contributed by atoms with E-state index >= 15 is 0 Å². The van der Waals surface area contributed by atoms with Crippen LogP contribution in [0.3, 0.4) is 0 Å². The Kier molecular flexibility index (Phi) is 4.50. The van der Waals surface area contributed by atoms with Gasteiger partial charge in [0.15, 0.2) is 6.61 Å². The zero-order valence-corrected chi connectivity index (χ0v) is 12.9. The number of ether oxygens (including phenoxy) is 1. The van der Waals surface area contributed by atoms with Gasteiger partial charge in [-0.2, -0.15) is 0 Å². The summed E-state index contributed by atoms with van der Waals surface area (Å²) in [5, 5.41) is 9.73. The molecule has 1 saturated heterocycles. The number of carboxylic acids is 1. The lowest BCUT2D eigenvalue weighted by molar-refractivity contribution is -0.146. The van der Waals surface area contributed by atoms with Crippen molar-refractivity contribution in [3.05, 3.63) is 40.8 Å². The van der Waals surface area contributed by atoms with Crippen molar-refractivity contribution in [2.24, 2.45) is 5.92 Å². The lowest BCUT2D eigenvalue weighted by Gasteiger charge is -2.30. The van der Waals surface area contributed by atoms with Crippen molar-refractivity contribution in [3.8, 4) is 5.75 Å². The van der Waals surface area contributed by atoms with E-state index in [4.69, 9.17) is 14.3 Å². The molecule has 126 valence electrons. The molecular weight excluding hydrogens is 314 g/mol. The molecule has 1 N–H and O–H groups in total. The van der Waals surface area contributed by atoms with Gasteiger partial charge in [0.05, 0.1) is 5.92 Å². The van der Waals surface area contributed by atoms with Gasteiger partial charge in [-0.15, -0.1) is 0 Å². The molecule has 7 heteroatoms. The van der Waals surface area contributed by atoms with Crippen LogP contribution in [0.4, 0.5) is 0 Å². The molecule has 0 spiro atoms. The van der Waals surface area contributed by atoms with E-state index in [-0.39, 0.29) is 18.4 Å². The van der Waals surface area contributed by atoms with Crippen molar-refractivity contribution in [1.29, 1.82) is 0 Å². The molecule has 1 aromatic carbocycles. The number of hydrogen-bond donors (Lipinski definition) is 1. The average Bonchev–Trinajstić information content (AvgIpc) is 2.59. The molecule has 0 unspecified atom stereocenters. The van der Waals surface area contributed by atoms with E-state index in [1.807, 2.05) is 0 Å². The lowest BCUT2D eigenvalue weighted by Crippen LogP contribution is -2.42. The Morgan fingerprint density at radius 1 is 1.21 bits per heavy atom. The van der Waals surface area contributed by atoms with Gasteiger partial charge >= 0.3 is 11.6 Å². The highest BCUT2D eigenvalue weighted by Gasteiger charge is 2.27. The Bertz CT molecular complexity index is 819. The number of benzene rings is 1. The fraction of sp³-hybridized carbons (Fsp3) is 0.353. The molecule has 2 heterocycles. The highest BCUT2D eigenvalue weighted by Crippen LogP contribution is 2.20. The van der Waals surface area contributed by atoms with Gasteiger partial charge in [0.1, 0.15) is 11.3 Å². The Morgan fingerprint density at radius 2 is 1.92 bits per heavy atom. The maximum Gasteiger partial charge on any atom is 0.336 e. The molecule has 0 bridgehead atoms. The van der Waals surface area contributed by atoms with Gasteiger partial charge in [-0.1, -0.05) is 0 Å². The number of carbonyl (C=O) groups is 2. The first-order valence-corrected chi connectivity index (χ1v) is 7.70. The molecule has 24 heavy (non-hydrogen) atoms. The number of amides is 1. The number of piperidine rings is 1. The standard InChI is InChI=1S/C17H17NO6/c19-15(18-7-5-12(6-8-18)17(21)22)10-23-13-3-1-11-2-4-16(20)24-14(11)9-13/h1-4,9,12H,5-8,10H2,(H,21,22). The van der Waals surface area contributed by atoms with E-state index in [1.54, 1.807) is 29.2 Å². The molecule has 1 aromatic heterocycles. The molecule has 0 radical (unpaired) electrons. The molecular formula is C17H17NO6. The van der Waals surface area contributed by atoms with Gasteiger partial charge in [-0.25, -0.2) is 4.79 Å². The predicted octanol–water partition coefficient (Wildman–Crippen LogP) is 1.49. The molecule has 1 aliphatic heterocycles. The number of hydrogen-bond acceptors (Lipinski definition) is 5. The zero-order valence-electron chi connectivity index (χ0n) is 12.9. The third-order valence-corrected chi connectivity index (χ3v) is 4.15. The van der Waals surface area contributed by atoms with E-state index < -0.39 is 11.6 Å². The maximum atomic E-state index is 12.1. The van der Waals surface area contributed by atoms with E-state index in [9.17, 15) is 14.4 Å². The minimum atomic E-state index is -0.809. The summed E-state index contributed by atoms with van der Waals surface area (Å²) in [5.41, 5.74) is -0.0493. The van der Waals surface area contributed by atoms with Crippen LogP contribution < -0.4 is 10.4 Å². The molecule has 1 amide bonds. The second-order valence-corrected chi connectivity index (χ2v) is 5.74. The summed E-state index contributed by atoms with van der Waals surface area (Å²) in [4.78, 5) is 35.9. The second kappa shape index (κ2) is 6.74. The first kappa shape index (κ1) is 16.0. The molecule has 0 aliphatic carbocycles. The van der Waals surface area contributed by atoms with E-state index in [0.717, 1.165) is 5.39 Å². The van der Waals surface area contributed by atoms with Gasteiger partial charge in [-0.05, 0) is 31.0 Å². The summed E-state index contributed by atoms with van der Waals surface area (Å²) in [7, 11) is 0. The Hall–Kier alpha value is -2.83. The van der Waals surface area contributed by atoms with Crippen molar-refractivity contribution >= 4 is 22.8 Å². The van der Waals surface area contributed by atoms with Crippen LogP contribution >= 0.6 is 0 Å². The van der Waals surface area contributed by atoms with Crippen LogP contribution in [-0.4, -0.2) is 41.6 Å². The fourth-order valence-electron chi connectivity index (χ4n) is 2.74. The first-order valence-electron chi connectivity index (χ1n) is 7.70. The molecule has 0 atom stereocenters. The monoisotopic (exact) mass is 331 g/mol. The van der Waals surface area contributed by atoms with Crippen LogP contribution in [-0.2, 0) is 9.59 Å². The largest absolute Gasteiger partial charge is 0.484 e. The number of rotatable bonds is 4. The minimum absolute atomic E-state index is 0.139. The van der Waals surface area contributed by atoms with Gasteiger partial charge in [0.2, 0.25) is 0 Å². The van der Waals surface area contributed by atoms with Gasteiger partial charge in [0, 0.05) is 30.6 Å². The van der Waals surface area contributed by atoms with Crippen molar-refractivity contribution in [1.82, 2.24) is 4.90 Å². The van der Waals surface area contributed by atoms with Crippen LogP contribution in [0.5, 0.6) is 5.75 Å². The normalized spacial score (nSPS) is 15.4. The Labute approximate surface area is 137 Å². The van der Waals surface area contributed by atoms with Crippen molar-refractivity contribution in [2.45, 2.75) is 12.8 Å². The number of carbonyl (C=O) groups excluding carboxylic acids is 1. The fourth-order valence-corrected chi connectivity index (χ4v) is 2.74. The van der Waals surface area contributed by atoms with E-state index in [0.29, 0.717) is 37.3 Å². The summed E-state index contributed by atoms with van der Waals surface area (Å²) in [6.45, 7) is 0.706. The van der Waals surface area contributed by atoms with Crippen molar-refractivity contribution < 1.29 is 23.8 Å². The number of carboxylic acid groups (broad SMARTS) is 1. The third kappa shape index (κ3) is 3.56. The topological polar surface area (TPSA) is 97.0 Å². The molecule has 1 fully saturated rings. The van der Waals surface area contributed by atoms with Crippen LogP contribution in [0.25, 0.3) is 11.0 Å². The Morgan fingerprint density at radius 3 is 2.62 bits per heavy atom. The summed E-state index contributed by atoms with van der Waals surface area (Å²) in [6.07, 6.45) is 0.921. The van der Waals surface area contributed by atoms with Crippen LogP contribution in [0, 0.1) is 5.92 Å². The summed E-state index contributed by atoms with van der Waals surface area (Å²) in [6, 6.07) is 8.01. The second-order valence-electron chi connectivity index (χ2n) is 5.74. The summed E-state index contributed by atoms with van der Waals surface area (Å²) in [5.74, 6) is -0.937. The smallest absolute Gasteiger partial charge is 0.336 e. The number of aliphatic carboxylic acids is 1. The van der Waals surface area contributed by atoms with Gasteiger partial charge in [-0.3, -0.25) is 9.59 Å². The molecule has 1 aliphatic rings. The van der Waals surface area contributed by atoms with E-state index in [1.165, 1.54) is 6.07 Å². The molecule has 7 nitrogen and oxygen atoms in total. The zero-order chi connectivity index (χ0) is 17.1. The number of fused-ring (bicyclic) bond motifs is 1. The molecule has 2 aromatic rings. The Balaban J connectivity index is 1.58. The predicted molar refractivity (Wildman–Crippen MR) is 84.9 cm³/mol. The van der Waals surface area contributed by atoms with Crippen molar-refractivity contribution in [3.63, 3.8) is 0 Å². The van der Waals surface area contributed by atoms with Crippen LogP contribution in [0.2, 0.25) is 0 Å². The van der Waals surface area contributed by atoms with Crippen LogP contribution in [0.15, 0.2) is 39.5 Å². The molecule has 3 rings (SSSR count). The highest BCUT2D eigenvalue weighted by atomic mass is 16.5. The number of likely N-dealkylation sites (tertiary alicyclic amines) is 1. The van der Waals surface area contributed by atoms with Crippen molar-refractivity contribution in [2.75, 3.05) is 19.7 Å². The number of nitrogens with zero attached hydrogens (tertiary/aromatic N) is 1. The minimum Gasteiger partial charge on any atom is -0.484 e. The maximum absolute atomic E-state index is 12.1. The molecule has 0 saturated carbocycles.